The number of hydrogen-bond acceptors (Lipinski definition) is 5. The lowest BCUT2D eigenvalue weighted by molar-refractivity contribution is 0.276. The number of aliphatic hydroxyl groups is 1. The maximum Gasteiger partial charge on any atom is 0.148 e. The van der Waals surface area contributed by atoms with E-state index in [1.807, 2.05) is 19.1 Å². The van der Waals surface area contributed by atoms with Crippen LogP contribution < -0.4 is 9.47 Å². The second-order valence-corrected chi connectivity index (χ2v) is 3.73. The van der Waals surface area contributed by atoms with Gasteiger partial charge in [0, 0.05) is 6.07 Å². The Labute approximate surface area is 105 Å². The normalized spacial score (nSPS) is 10.4. The minimum Gasteiger partial charge on any atom is -0.497 e. The number of aromatic nitrogens is 3. The van der Waals surface area contributed by atoms with Gasteiger partial charge in [-0.2, -0.15) is 0 Å². The van der Waals surface area contributed by atoms with Gasteiger partial charge in [0.15, 0.2) is 0 Å². The minimum absolute atomic E-state index is 0.135. The van der Waals surface area contributed by atoms with Crippen LogP contribution in [0.15, 0.2) is 18.2 Å². The van der Waals surface area contributed by atoms with Crippen LogP contribution in [-0.2, 0) is 6.61 Å². The quantitative estimate of drug-likeness (QED) is 0.878. The number of aliphatic hydroxyl groups excluding tert-OH is 1. The number of benzene rings is 1. The molecule has 0 atom stereocenters. The molecular formula is C12H15N3O3. The van der Waals surface area contributed by atoms with Gasteiger partial charge in [0.2, 0.25) is 0 Å². The fourth-order valence-corrected chi connectivity index (χ4v) is 1.70. The maximum atomic E-state index is 9.12. The molecule has 0 aliphatic heterocycles. The summed E-state index contributed by atoms with van der Waals surface area (Å²) in [4.78, 5) is 0. The van der Waals surface area contributed by atoms with Gasteiger partial charge in [0.05, 0.1) is 26.5 Å². The summed E-state index contributed by atoms with van der Waals surface area (Å²) < 4.78 is 12.1. The third kappa shape index (κ3) is 2.02. The van der Waals surface area contributed by atoms with Crippen molar-refractivity contribution < 1.29 is 14.6 Å². The number of rotatable bonds is 4. The van der Waals surface area contributed by atoms with E-state index >= 15 is 0 Å². The van der Waals surface area contributed by atoms with E-state index in [1.54, 1.807) is 25.0 Å². The van der Waals surface area contributed by atoms with Crippen LogP contribution in [0.2, 0.25) is 0 Å². The van der Waals surface area contributed by atoms with Crippen molar-refractivity contribution in [2.45, 2.75) is 13.5 Å². The first-order valence-electron chi connectivity index (χ1n) is 5.45. The number of methoxy groups -OCH3 is 2. The highest BCUT2D eigenvalue weighted by molar-refractivity contribution is 5.51. The van der Waals surface area contributed by atoms with Crippen LogP contribution in [-0.4, -0.2) is 34.3 Å². The Morgan fingerprint density at radius 3 is 2.61 bits per heavy atom. The Bertz CT molecular complexity index is 551. The van der Waals surface area contributed by atoms with Gasteiger partial charge in [-0.15, -0.1) is 5.10 Å². The van der Waals surface area contributed by atoms with Gasteiger partial charge < -0.3 is 14.6 Å². The van der Waals surface area contributed by atoms with E-state index in [4.69, 9.17) is 14.6 Å². The zero-order chi connectivity index (χ0) is 13.1. The van der Waals surface area contributed by atoms with Crippen LogP contribution in [0.3, 0.4) is 0 Å². The monoisotopic (exact) mass is 249 g/mol. The van der Waals surface area contributed by atoms with Crippen molar-refractivity contribution in [1.82, 2.24) is 15.0 Å². The summed E-state index contributed by atoms with van der Waals surface area (Å²) in [6.45, 7) is 1.71. The van der Waals surface area contributed by atoms with E-state index in [-0.39, 0.29) is 6.61 Å². The molecule has 0 aliphatic rings. The molecule has 0 unspecified atom stereocenters. The highest BCUT2D eigenvalue weighted by Crippen LogP contribution is 2.28. The molecule has 0 radical (unpaired) electrons. The first-order chi connectivity index (χ1) is 8.71. The Morgan fingerprint density at radius 2 is 2.06 bits per heavy atom. The molecule has 6 nitrogen and oxygen atoms in total. The van der Waals surface area contributed by atoms with Crippen molar-refractivity contribution in [2.75, 3.05) is 14.2 Å². The van der Waals surface area contributed by atoms with Crippen LogP contribution in [0.25, 0.3) is 5.69 Å². The van der Waals surface area contributed by atoms with E-state index in [0.717, 1.165) is 11.4 Å². The molecule has 18 heavy (non-hydrogen) atoms. The molecule has 0 amide bonds. The van der Waals surface area contributed by atoms with Crippen LogP contribution in [0.1, 0.15) is 11.4 Å². The summed E-state index contributed by atoms with van der Waals surface area (Å²) >= 11 is 0. The summed E-state index contributed by atoms with van der Waals surface area (Å²) in [6, 6.07) is 5.42. The zero-order valence-electron chi connectivity index (χ0n) is 10.5. The fourth-order valence-electron chi connectivity index (χ4n) is 1.70. The van der Waals surface area contributed by atoms with Crippen LogP contribution in [0, 0.1) is 6.92 Å². The second kappa shape index (κ2) is 5.05. The molecule has 0 spiro atoms. The third-order valence-corrected chi connectivity index (χ3v) is 2.76. The van der Waals surface area contributed by atoms with Crippen molar-refractivity contribution in [3.63, 3.8) is 0 Å². The first kappa shape index (κ1) is 12.4. The maximum absolute atomic E-state index is 9.12. The lowest BCUT2D eigenvalue weighted by Gasteiger charge is -2.11. The molecular weight excluding hydrogens is 234 g/mol. The number of hydrogen-bond donors (Lipinski definition) is 1. The van der Waals surface area contributed by atoms with Gasteiger partial charge in [-0.05, 0) is 19.1 Å². The zero-order valence-corrected chi connectivity index (χ0v) is 10.5. The molecule has 2 aromatic rings. The fraction of sp³-hybridized carbons (Fsp3) is 0.333. The van der Waals surface area contributed by atoms with Gasteiger partial charge in [-0.25, -0.2) is 4.68 Å². The average Bonchev–Trinajstić information content (AvgIpc) is 2.78. The largest absolute Gasteiger partial charge is 0.497 e. The van der Waals surface area contributed by atoms with Gasteiger partial charge in [-0.3, -0.25) is 0 Å². The van der Waals surface area contributed by atoms with Crippen molar-refractivity contribution in [2.24, 2.45) is 0 Å². The standard InChI is InChI=1S/C12H15N3O3/c1-8-10(7-16)13-14-15(8)11-5-4-9(17-2)6-12(11)18-3/h4-6,16H,7H2,1-3H3. The van der Waals surface area contributed by atoms with Crippen molar-refractivity contribution >= 4 is 0 Å². The number of ether oxygens (including phenoxy) is 2. The molecule has 96 valence electrons. The SMILES string of the molecule is COc1ccc(-n2nnc(CO)c2C)c(OC)c1. The summed E-state index contributed by atoms with van der Waals surface area (Å²) in [6.07, 6.45) is 0. The van der Waals surface area contributed by atoms with Crippen LogP contribution >= 0.6 is 0 Å². The smallest absolute Gasteiger partial charge is 0.148 e. The molecule has 1 aromatic carbocycles. The van der Waals surface area contributed by atoms with E-state index in [9.17, 15) is 0 Å². The predicted octanol–water partition coefficient (Wildman–Crippen LogP) is 1.09. The van der Waals surface area contributed by atoms with Crippen LogP contribution in [0.5, 0.6) is 11.5 Å². The second-order valence-electron chi connectivity index (χ2n) is 3.73. The van der Waals surface area contributed by atoms with Gasteiger partial charge in [0.25, 0.3) is 0 Å². The Morgan fingerprint density at radius 1 is 1.28 bits per heavy atom. The highest BCUT2D eigenvalue weighted by Gasteiger charge is 2.13. The molecule has 1 N–H and O–H groups in total. The highest BCUT2D eigenvalue weighted by atomic mass is 16.5. The third-order valence-electron chi connectivity index (χ3n) is 2.76. The molecule has 0 saturated heterocycles. The summed E-state index contributed by atoms with van der Waals surface area (Å²) in [5.74, 6) is 1.34. The first-order valence-corrected chi connectivity index (χ1v) is 5.45. The lowest BCUT2D eigenvalue weighted by Crippen LogP contribution is -2.02. The summed E-state index contributed by atoms with van der Waals surface area (Å²) in [5.41, 5.74) is 2.08. The van der Waals surface area contributed by atoms with Crippen molar-refractivity contribution in [3.05, 3.63) is 29.6 Å². The predicted molar refractivity (Wildman–Crippen MR) is 65.1 cm³/mol. The van der Waals surface area contributed by atoms with Crippen molar-refractivity contribution in [1.29, 1.82) is 0 Å². The average molecular weight is 249 g/mol. The Kier molecular flexibility index (Phi) is 3.47. The van der Waals surface area contributed by atoms with Crippen LogP contribution in [0.4, 0.5) is 0 Å². The van der Waals surface area contributed by atoms with Crippen molar-refractivity contribution in [3.8, 4) is 17.2 Å². The Balaban J connectivity index is 2.52. The molecule has 1 aromatic heterocycles. The molecule has 0 bridgehead atoms. The molecule has 0 saturated carbocycles. The summed E-state index contributed by atoms with van der Waals surface area (Å²) in [7, 11) is 3.18. The van der Waals surface area contributed by atoms with E-state index < -0.39 is 0 Å². The molecule has 6 heteroatoms. The van der Waals surface area contributed by atoms with E-state index in [1.165, 1.54) is 0 Å². The van der Waals surface area contributed by atoms with Gasteiger partial charge in [0.1, 0.15) is 22.9 Å². The lowest BCUT2D eigenvalue weighted by atomic mass is 10.2. The van der Waals surface area contributed by atoms with Gasteiger partial charge in [-0.1, -0.05) is 5.21 Å². The topological polar surface area (TPSA) is 69.4 Å². The Hall–Kier alpha value is -2.08. The summed E-state index contributed by atoms with van der Waals surface area (Å²) in [5, 5.41) is 17.0. The van der Waals surface area contributed by atoms with E-state index in [2.05, 4.69) is 10.3 Å². The molecule has 2 rings (SSSR count). The number of nitrogens with zero attached hydrogens (tertiary/aromatic N) is 3. The van der Waals surface area contributed by atoms with E-state index in [0.29, 0.717) is 17.2 Å². The minimum atomic E-state index is -0.135. The molecule has 0 aliphatic carbocycles. The van der Waals surface area contributed by atoms with Gasteiger partial charge >= 0.3 is 0 Å². The molecule has 1 heterocycles. The molecule has 0 fully saturated rings.